The summed E-state index contributed by atoms with van der Waals surface area (Å²) in [5, 5.41) is 10.4. The van der Waals surface area contributed by atoms with E-state index in [1.807, 2.05) is 41.8 Å². The summed E-state index contributed by atoms with van der Waals surface area (Å²) in [6.07, 6.45) is 0. The zero-order valence-corrected chi connectivity index (χ0v) is 20.7. The lowest BCUT2D eigenvalue weighted by Crippen LogP contribution is -2.45. The predicted molar refractivity (Wildman–Crippen MR) is 138 cm³/mol. The third kappa shape index (κ3) is 4.34. The van der Waals surface area contributed by atoms with Crippen LogP contribution in [0.3, 0.4) is 0 Å². The van der Waals surface area contributed by atoms with Crippen LogP contribution in [0.15, 0.2) is 76.3 Å². The van der Waals surface area contributed by atoms with Gasteiger partial charge in [-0.3, -0.25) is 0 Å². The lowest BCUT2D eigenvalue weighted by atomic mass is 9.94. The predicted octanol–water partition coefficient (Wildman–Crippen LogP) is 5.98. The molecule has 6 nitrogen and oxygen atoms in total. The number of thiophene rings is 1. The summed E-state index contributed by atoms with van der Waals surface area (Å²) in [5.74, 6) is 1.85. The van der Waals surface area contributed by atoms with Crippen molar-refractivity contribution in [3.8, 4) is 16.5 Å². The van der Waals surface area contributed by atoms with Crippen molar-refractivity contribution in [1.29, 1.82) is 0 Å². The quantitative estimate of drug-likeness (QED) is 0.335. The van der Waals surface area contributed by atoms with Crippen LogP contribution >= 0.6 is 23.6 Å². The monoisotopic (exact) mass is 488 g/mol. The lowest BCUT2D eigenvalue weighted by molar-refractivity contribution is 0.396. The number of methoxy groups -OCH3 is 1. The Bertz CT molecular complexity index is 1340. The molecule has 0 radical (unpaired) electrons. The number of hydrogen-bond acceptors (Lipinski definition) is 6. The average molecular weight is 489 g/mol. The first-order valence-electron chi connectivity index (χ1n) is 10.9. The van der Waals surface area contributed by atoms with Crippen molar-refractivity contribution in [2.45, 2.75) is 26.4 Å². The molecule has 0 saturated carbocycles. The maximum Gasteiger partial charge on any atom is 0.258 e. The van der Waals surface area contributed by atoms with Gasteiger partial charge in [0.25, 0.3) is 5.89 Å². The maximum absolute atomic E-state index is 5.83. The number of ether oxygens (including phenoxy) is 1. The molecular weight excluding hydrogens is 464 g/mol. The fourth-order valence-electron chi connectivity index (χ4n) is 4.13. The summed E-state index contributed by atoms with van der Waals surface area (Å²) in [5.41, 5.74) is 5.30. The molecule has 0 spiro atoms. The van der Waals surface area contributed by atoms with E-state index in [0.29, 0.717) is 23.4 Å². The van der Waals surface area contributed by atoms with Gasteiger partial charge in [0.1, 0.15) is 5.75 Å². The van der Waals surface area contributed by atoms with E-state index in [4.69, 9.17) is 26.5 Å². The number of allylic oxidation sites excluding steroid dienone is 1. The Labute approximate surface area is 207 Å². The van der Waals surface area contributed by atoms with Gasteiger partial charge in [-0.15, -0.1) is 11.3 Å². The summed E-state index contributed by atoms with van der Waals surface area (Å²) in [7, 11) is 1.66. The van der Waals surface area contributed by atoms with Gasteiger partial charge in [-0.2, -0.15) is 4.98 Å². The van der Waals surface area contributed by atoms with Gasteiger partial charge in [0.2, 0.25) is 5.82 Å². The molecule has 0 fully saturated rings. The Morgan fingerprint density at radius 2 is 1.94 bits per heavy atom. The third-order valence-corrected chi connectivity index (χ3v) is 7.07. The lowest BCUT2D eigenvalue weighted by Gasteiger charge is -2.37. The topological polar surface area (TPSA) is 63.4 Å². The van der Waals surface area contributed by atoms with Gasteiger partial charge < -0.3 is 19.5 Å². The SMILES string of the molecule is COc1ccc(C2NC(=S)N(Cc3cccc(C)c3)C(C)=C2c2nc(-c3cccs3)no2)cc1. The van der Waals surface area contributed by atoms with Crippen LogP contribution in [0.2, 0.25) is 0 Å². The zero-order chi connectivity index (χ0) is 23.7. The van der Waals surface area contributed by atoms with Gasteiger partial charge in [-0.05, 0) is 60.8 Å². The zero-order valence-electron chi connectivity index (χ0n) is 19.1. The number of aryl methyl sites for hydroxylation is 1. The van der Waals surface area contributed by atoms with E-state index in [2.05, 4.69) is 53.5 Å². The van der Waals surface area contributed by atoms with Gasteiger partial charge in [0.15, 0.2) is 5.11 Å². The highest BCUT2D eigenvalue weighted by Gasteiger charge is 2.34. The fraction of sp³-hybridized carbons (Fsp3) is 0.192. The minimum Gasteiger partial charge on any atom is -0.497 e. The first-order chi connectivity index (χ1) is 16.5. The Kier molecular flexibility index (Phi) is 6.17. The molecule has 0 bridgehead atoms. The second kappa shape index (κ2) is 9.40. The van der Waals surface area contributed by atoms with E-state index in [-0.39, 0.29) is 6.04 Å². The molecule has 1 N–H and O–H groups in total. The second-order valence-electron chi connectivity index (χ2n) is 8.13. The molecule has 1 unspecified atom stereocenters. The van der Waals surface area contributed by atoms with Crippen LogP contribution in [0, 0.1) is 6.92 Å². The van der Waals surface area contributed by atoms with Crippen molar-refractivity contribution in [2.75, 3.05) is 7.11 Å². The van der Waals surface area contributed by atoms with Crippen molar-refractivity contribution in [3.63, 3.8) is 0 Å². The molecular formula is C26H24N4O2S2. The molecule has 1 atom stereocenters. The Morgan fingerprint density at radius 3 is 2.65 bits per heavy atom. The van der Waals surface area contributed by atoms with Crippen LogP contribution in [-0.2, 0) is 6.54 Å². The molecule has 8 heteroatoms. The van der Waals surface area contributed by atoms with Crippen LogP contribution in [0.5, 0.6) is 5.75 Å². The molecule has 0 amide bonds. The third-order valence-electron chi connectivity index (χ3n) is 5.87. The van der Waals surface area contributed by atoms with Crippen LogP contribution in [-0.4, -0.2) is 27.3 Å². The van der Waals surface area contributed by atoms with Crippen LogP contribution < -0.4 is 10.1 Å². The minimum atomic E-state index is -0.233. The number of nitrogens with one attached hydrogen (secondary N) is 1. The highest BCUT2D eigenvalue weighted by molar-refractivity contribution is 7.80. The van der Waals surface area contributed by atoms with Gasteiger partial charge in [0, 0.05) is 12.2 Å². The Balaban J connectivity index is 1.59. The summed E-state index contributed by atoms with van der Waals surface area (Å²) < 4.78 is 11.1. The number of thiocarbonyl (C=S) groups is 1. The van der Waals surface area contributed by atoms with Gasteiger partial charge in [-0.25, -0.2) is 0 Å². The van der Waals surface area contributed by atoms with Crippen molar-refractivity contribution in [1.82, 2.24) is 20.4 Å². The van der Waals surface area contributed by atoms with Crippen molar-refractivity contribution in [2.24, 2.45) is 0 Å². The molecule has 34 heavy (non-hydrogen) atoms. The summed E-state index contributed by atoms with van der Waals surface area (Å²) in [4.78, 5) is 7.81. The smallest absolute Gasteiger partial charge is 0.258 e. The molecule has 1 aliphatic rings. The molecule has 5 rings (SSSR count). The fourth-order valence-corrected chi connectivity index (χ4v) is 5.10. The summed E-state index contributed by atoms with van der Waals surface area (Å²) in [6, 6.07) is 20.1. The number of rotatable bonds is 6. The number of benzene rings is 2. The van der Waals surface area contributed by atoms with E-state index in [1.54, 1.807) is 18.4 Å². The van der Waals surface area contributed by atoms with Gasteiger partial charge >= 0.3 is 0 Å². The van der Waals surface area contributed by atoms with Crippen molar-refractivity contribution >= 4 is 34.2 Å². The molecule has 0 saturated heterocycles. The van der Waals surface area contributed by atoms with Crippen LogP contribution in [0.1, 0.15) is 35.5 Å². The molecule has 172 valence electrons. The molecule has 4 aromatic rings. The standard InChI is InChI=1S/C26H24N4O2S2/c1-16-6-4-7-18(14-16)15-30-17(2)22(25-28-24(29-32-25)21-8-5-13-34-21)23(27-26(30)33)19-9-11-20(31-3)12-10-19/h4-14,23H,15H2,1-3H3,(H,27,33). The second-order valence-corrected chi connectivity index (χ2v) is 9.46. The number of aromatic nitrogens is 2. The van der Waals surface area contributed by atoms with E-state index in [9.17, 15) is 0 Å². The highest BCUT2D eigenvalue weighted by atomic mass is 32.1. The van der Waals surface area contributed by atoms with Crippen LogP contribution in [0.4, 0.5) is 0 Å². The largest absolute Gasteiger partial charge is 0.497 e. The minimum absolute atomic E-state index is 0.233. The normalized spacial score (nSPS) is 16.0. The van der Waals surface area contributed by atoms with E-state index >= 15 is 0 Å². The highest BCUT2D eigenvalue weighted by Crippen LogP contribution is 2.38. The summed E-state index contributed by atoms with van der Waals surface area (Å²) >= 11 is 7.41. The Hall–Kier alpha value is -3.49. The number of hydrogen-bond donors (Lipinski definition) is 1. The van der Waals surface area contributed by atoms with E-state index in [0.717, 1.165) is 27.5 Å². The van der Waals surface area contributed by atoms with E-state index in [1.165, 1.54) is 11.1 Å². The van der Waals surface area contributed by atoms with Crippen molar-refractivity contribution < 1.29 is 9.26 Å². The van der Waals surface area contributed by atoms with Gasteiger partial charge in [-0.1, -0.05) is 53.2 Å². The molecule has 1 aliphatic heterocycles. The first kappa shape index (κ1) is 22.3. The Morgan fingerprint density at radius 1 is 1.12 bits per heavy atom. The molecule has 2 aromatic heterocycles. The molecule has 2 aromatic carbocycles. The van der Waals surface area contributed by atoms with Gasteiger partial charge in [0.05, 0.1) is 23.6 Å². The molecule has 0 aliphatic carbocycles. The first-order valence-corrected chi connectivity index (χ1v) is 12.2. The van der Waals surface area contributed by atoms with E-state index < -0.39 is 0 Å². The average Bonchev–Trinajstić information content (AvgIpc) is 3.54. The molecule has 3 heterocycles. The van der Waals surface area contributed by atoms with Crippen LogP contribution in [0.25, 0.3) is 16.3 Å². The van der Waals surface area contributed by atoms with Crippen molar-refractivity contribution in [3.05, 3.63) is 94.3 Å². The maximum atomic E-state index is 5.83. The number of nitrogens with zero attached hydrogens (tertiary/aromatic N) is 3. The summed E-state index contributed by atoms with van der Waals surface area (Å²) in [6.45, 7) is 4.79.